The zero-order valence-corrected chi connectivity index (χ0v) is 33.0. The Hall–Kier alpha value is -6.13. The fraction of sp³-hybridized carbons (Fsp3) is 0.594. The number of carbonyl (C=O) groups is 11. The van der Waals surface area contributed by atoms with E-state index in [4.69, 9.17) is 0 Å². The summed E-state index contributed by atoms with van der Waals surface area (Å²) in [6, 6.07) is -13.7. The number of urea groups is 7. The summed E-state index contributed by atoms with van der Waals surface area (Å²) < 4.78 is 0. The van der Waals surface area contributed by atoms with Crippen molar-refractivity contribution in [3.63, 3.8) is 0 Å². The van der Waals surface area contributed by atoms with Gasteiger partial charge in [0.2, 0.25) is 5.91 Å². The van der Waals surface area contributed by atoms with Gasteiger partial charge in [0.05, 0.1) is 5.60 Å². The second-order valence-corrected chi connectivity index (χ2v) is 13.6. The number of nitrogens with one attached hydrogen (secondary N) is 4. The van der Waals surface area contributed by atoms with E-state index in [1.54, 1.807) is 24.5 Å². The Balaban J connectivity index is 3.73. The van der Waals surface area contributed by atoms with Crippen LogP contribution in [-0.4, -0.2) is 178 Å². The first-order valence-electron chi connectivity index (χ1n) is 16.7. The molecule has 0 aliphatic carbocycles. The Morgan fingerprint density at radius 3 is 1.62 bits per heavy atom. The summed E-state index contributed by atoms with van der Waals surface area (Å²) in [4.78, 5) is 148. The highest BCUT2D eigenvalue weighted by Crippen LogP contribution is 2.19. The Morgan fingerprint density at radius 2 is 1.15 bits per heavy atom. The number of hydrogen-bond donors (Lipinski definition) is 5. The first-order valence-corrected chi connectivity index (χ1v) is 16.7. The lowest BCUT2D eigenvalue weighted by molar-refractivity contribution is -0.141. The van der Waals surface area contributed by atoms with E-state index in [-0.39, 0.29) is 16.2 Å². The van der Waals surface area contributed by atoms with Crippen LogP contribution >= 0.6 is 0 Å². The highest BCUT2D eigenvalue weighted by molar-refractivity contribution is 6.11. The first kappa shape index (κ1) is 46.9. The number of hydrogen-bond acceptors (Lipinski definition) is 12. The summed E-state index contributed by atoms with van der Waals surface area (Å²) in [5.41, 5.74) is -2.13. The first-order chi connectivity index (χ1) is 25.1. The van der Waals surface area contributed by atoms with Crippen LogP contribution in [0.5, 0.6) is 0 Å². The third kappa shape index (κ3) is 11.7. The van der Waals surface area contributed by atoms with Crippen LogP contribution in [0.1, 0.15) is 47.5 Å². The molecular formula is C32H51N11O12. The largest absolute Gasteiger partial charge is 0.390 e. The van der Waals surface area contributed by atoms with Crippen molar-refractivity contribution in [2.75, 3.05) is 49.3 Å². The van der Waals surface area contributed by atoms with Gasteiger partial charge in [-0.3, -0.25) is 40.0 Å². The number of nitrogens with zero attached hydrogens (tertiary/aromatic N) is 7. The molecule has 5 N–H and O–H groups in total. The number of rotatable bonds is 4. The molecule has 0 aromatic heterocycles. The highest BCUT2D eigenvalue weighted by Gasteiger charge is 2.40. The molecule has 23 nitrogen and oxygen atoms in total. The molecule has 1 rings (SSSR count). The van der Waals surface area contributed by atoms with E-state index in [9.17, 15) is 57.8 Å². The Bertz CT molecular complexity index is 1630. The average Bonchev–Trinajstić information content (AvgIpc) is 3.10. The number of imide groups is 7. The van der Waals surface area contributed by atoms with Crippen molar-refractivity contribution in [3.8, 4) is 0 Å². The molecule has 1 aliphatic heterocycles. The van der Waals surface area contributed by atoms with E-state index in [0.29, 0.717) is 9.80 Å². The van der Waals surface area contributed by atoms with E-state index in [1.807, 2.05) is 5.32 Å². The number of likely N-dealkylation sites (N-methyl/N-ethyl adjacent to an activating group) is 4. The molecule has 0 bridgehead atoms. The molecule has 306 valence electrons. The second-order valence-electron chi connectivity index (χ2n) is 13.6. The predicted octanol–water partition coefficient (Wildman–Crippen LogP) is -0.326. The summed E-state index contributed by atoms with van der Waals surface area (Å²) in [7, 11) is 7.20. The SMILES string of the molecule is C=C1C(=O)N(C)[C@@H](CC(C)(C)O)C(=O)NC(=O)N(C)C(=O)NC(=O)NC(=O)N(C)C(=O)N(C)C(=O)N(C)[C@@H](C(C)C)C(=O)N(C)C(=O)N[C@@H](CC)C(=O)N1C. The third-order valence-electron chi connectivity index (χ3n) is 8.45. The monoisotopic (exact) mass is 781 g/mol. The zero-order chi connectivity index (χ0) is 43.0. The molecule has 1 aliphatic rings. The van der Waals surface area contributed by atoms with E-state index in [1.165, 1.54) is 20.8 Å². The van der Waals surface area contributed by atoms with Crippen molar-refractivity contribution in [2.24, 2.45) is 5.92 Å². The number of aliphatic hydroxyl groups is 1. The zero-order valence-electron chi connectivity index (χ0n) is 33.0. The van der Waals surface area contributed by atoms with Gasteiger partial charge in [-0.05, 0) is 26.2 Å². The maximum atomic E-state index is 13.6. The topological polar surface area (TPSA) is 279 Å². The quantitative estimate of drug-likeness (QED) is 0.230. The van der Waals surface area contributed by atoms with Gasteiger partial charge in [0.1, 0.15) is 23.8 Å². The summed E-state index contributed by atoms with van der Waals surface area (Å²) in [6.07, 6.45) is -0.528. The van der Waals surface area contributed by atoms with Gasteiger partial charge in [-0.25, -0.2) is 48.3 Å². The minimum atomic E-state index is -1.63. The molecular weight excluding hydrogens is 730 g/mol. The van der Waals surface area contributed by atoms with Gasteiger partial charge in [0, 0.05) is 55.8 Å². The minimum Gasteiger partial charge on any atom is -0.390 e. The van der Waals surface area contributed by atoms with Crippen molar-refractivity contribution in [2.45, 2.75) is 71.2 Å². The fourth-order valence-corrected chi connectivity index (χ4v) is 5.02. The average molecular weight is 782 g/mol. The molecule has 0 aromatic rings. The summed E-state index contributed by atoms with van der Waals surface area (Å²) >= 11 is 0. The van der Waals surface area contributed by atoms with Gasteiger partial charge in [0.15, 0.2) is 0 Å². The van der Waals surface area contributed by atoms with E-state index >= 15 is 0 Å². The van der Waals surface area contributed by atoms with Crippen molar-refractivity contribution in [3.05, 3.63) is 12.3 Å². The lowest BCUT2D eigenvalue weighted by Crippen LogP contribution is -2.60. The number of carbonyl (C=O) groups excluding carboxylic acids is 11. The minimum absolute atomic E-state index is 0.0488. The molecule has 18 amide bonds. The van der Waals surface area contributed by atoms with Crippen LogP contribution in [0.15, 0.2) is 12.3 Å². The van der Waals surface area contributed by atoms with Crippen molar-refractivity contribution in [1.29, 1.82) is 0 Å². The van der Waals surface area contributed by atoms with Gasteiger partial charge in [-0.15, -0.1) is 0 Å². The summed E-state index contributed by atoms with van der Waals surface area (Å²) in [6.45, 7) is 10.9. The lowest BCUT2D eigenvalue weighted by Gasteiger charge is -2.35. The molecule has 23 heteroatoms. The van der Waals surface area contributed by atoms with Crippen molar-refractivity contribution >= 4 is 65.8 Å². The van der Waals surface area contributed by atoms with Crippen molar-refractivity contribution < 1.29 is 57.8 Å². The molecule has 0 saturated carbocycles. The van der Waals surface area contributed by atoms with Crippen LogP contribution < -0.4 is 21.3 Å². The van der Waals surface area contributed by atoms with Gasteiger partial charge in [-0.1, -0.05) is 27.4 Å². The molecule has 0 aromatic carbocycles. The van der Waals surface area contributed by atoms with Crippen LogP contribution in [-0.2, 0) is 19.2 Å². The Labute approximate surface area is 317 Å². The van der Waals surface area contributed by atoms with E-state index in [2.05, 4.69) is 11.9 Å². The smallest absolute Gasteiger partial charge is 0.335 e. The van der Waals surface area contributed by atoms with Crippen molar-refractivity contribution in [1.82, 2.24) is 55.6 Å². The molecule has 0 spiro atoms. The highest BCUT2D eigenvalue weighted by atomic mass is 16.3. The summed E-state index contributed by atoms with van der Waals surface area (Å²) in [5, 5.41) is 18.1. The molecule has 1 heterocycles. The van der Waals surface area contributed by atoms with E-state index in [0.717, 1.165) is 64.0 Å². The molecule has 0 radical (unpaired) electrons. The second kappa shape index (κ2) is 18.8. The maximum absolute atomic E-state index is 13.6. The Kier molecular flexibility index (Phi) is 16.0. The molecule has 1 saturated heterocycles. The maximum Gasteiger partial charge on any atom is 0.335 e. The third-order valence-corrected chi connectivity index (χ3v) is 8.45. The van der Waals surface area contributed by atoms with Gasteiger partial charge in [0.25, 0.3) is 17.7 Å². The van der Waals surface area contributed by atoms with Gasteiger partial charge in [-0.2, -0.15) is 0 Å². The Morgan fingerprint density at radius 1 is 0.655 bits per heavy atom. The van der Waals surface area contributed by atoms with E-state index < -0.39 is 108 Å². The summed E-state index contributed by atoms with van der Waals surface area (Å²) in [5.74, 6) is -4.71. The normalized spacial score (nSPS) is 22.4. The van der Waals surface area contributed by atoms with Gasteiger partial charge < -0.3 is 25.1 Å². The van der Waals surface area contributed by atoms with Crippen LogP contribution in [0.4, 0.5) is 33.6 Å². The fourth-order valence-electron chi connectivity index (χ4n) is 5.02. The predicted molar refractivity (Wildman–Crippen MR) is 191 cm³/mol. The van der Waals surface area contributed by atoms with Gasteiger partial charge >= 0.3 is 42.2 Å². The van der Waals surface area contributed by atoms with Crippen LogP contribution in [0, 0.1) is 5.92 Å². The van der Waals surface area contributed by atoms with Crippen LogP contribution in [0.3, 0.4) is 0 Å². The number of amides is 18. The molecule has 3 atom stereocenters. The molecule has 1 fully saturated rings. The molecule has 55 heavy (non-hydrogen) atoms. The standard InChI is InChI=1S/C32H51N11O12/c1-14-18-23(46)37(7)17(4)22(45)38(8)19(15-32(5,6)55)21(44)34-27(50)41(11)28(51)35-25(48)36-29(52)42(12)31(54)43(13)30(53)39(9)20(16(2)3)24(47)40(10)26(49)33-18/h16,18-20,55H,4,14-15H2,1-3,5-13H3,(H,33,49)(H,34,44,50)(H2,35,36,48,51,52)/t18-,19-,20-/m0/s1. The lowest BCUT2D eigenvalue weighted by atomic mass is 9.97. The van der Waals surface area contributed by atoms with Crippen LogP contribution in [0.2, 0.25) is 0 Å². The van der Waals surface area contributed by atoms with Crippen LogP contribution in [0.25, 0.3) is 0 Å². The molecule has 0 unspecified atom stereocenters.